The molecule has 1 atom stereocenters. The largest absolute Gasteiger partial charge is 0.479 e. The zero-order valence-corrected chi connectivity index (χ0v) is 15.2. The van der Waals surface area contributed by atoms with Crippen LogP contribution in [0.1, 0.15) is 12.5 Å². The van der Waals surface area contributed by atoms with E-state index in [1.807, 2.05) is 23.1 Å². The number of hydrogen-bond acceptors (Lipinski definition) is 3. The fourth-order valence-corrected chi connectivity index (χ4v) is 3.19. The van der Waals surface area contributed by atoms with Crippen LogP contribution < -0.4 is 4.74 Å². The van der Waals surface area contributed by atoms with Gasteiger partial charge in [-0.2, -0.15) is 0 Å². The molecule has 1 fully saturated rings. The van der Waals surface area contributed by atoms with Gasteiger partial charge in [-0.05, 0) is 24.6 Å². The molecule has 1 aliphatic heterocycles. The highest BCUT2D eigenvalue weighted by molar-refractivity contribution is 6.32. The summed E-state index contributed by atoms with van der Waals surface area (Å²) in [6.07, 6.45) is -0.541. The SMILES string of the molecule is CC(Oc1ccccc1Cl)C(=O)N1CCN(Cc2ccccc2)CC1. The number of benzene rings is 2. The van der Waals surface area contributed by atoms with Crippen molar-refractivity contribution < 1.29 is 9.53 Å². The molecule has 25 heavy (non-hydrogen) atoms. The van der Waals surface area contributed by atoms with E-state index in [0.717, 1.165) is 32.7 Å². The van der Waals surface area contributed by atoms with Gasteiger partial charge in [0.2, 0.25) is 0 Å². The second kappa shape index (κ2) is 8.37. The Hall–Kier alpha value is -2.04. The van der Waals surface area contributed by atoms with Crippen molar-refractivity contribution in [3.05, 3.63) is 65.2 Å². The molecule has 2 aromatic carbocycles. The van der Waals surface area contributed by atoms with Crippen LogP contribution in [-0.4, -0.2) is 48.0 Å². The van der Waals surface area contributed by atoms with Crippen molar-refractivity contribution in [3.63, 3.8) is 0 Å². The lowest BCUT2D eigenvalue weighted by Gasteiger charge is -2.36. The third-order valence-corrected chi connectivity index (χ3v) is 4.73. The number of carbonyl (C=O) groups is 1. The van der Waals surface area contributed by atoms with Gasteiger partial charge in [0, 0.05) is 32.7 Å². The third kappa shape index (κ3) is 4.74. The molecule has 0 N–H and O–H groups in total. The highest BCUT2D eigenvalue weighted by Crippen LogP contribution is 2.24. The second-order valence-corrected chi connectivity index (χ2v) is 6.68. The molecule has 0 aliphatic carbocycles. The summed E-state index contributed by atoms with van der Waals surface area (Å²) in [5, 5.41) is 0.523. The molecule has 0 saturated carbocycles. The predicted molar refractivity (Wildman–Crippen MR) is 99.8 cm³/mol. The van der Waals surface area contributed by atoms with Gasteiger partial charge in [-0.1, -0.05) is 54.1 Å². The number of ether oxygens (including phenoxy) is 1. The minimum Gasteiger partial charge on any atom is -0.479 e. The van der Waals surface area contributed by atoms with Crippen molar-refractivity contribution in [1.29, 1.82) is 0 Å². The highest BCUT2D eigenvalue weighted by Gasteiger charge is 2.26. The van der Waals surface area contributed by atoms with Gasteiger partial charge in [-0.3, -0.25) is 9.69 Å². The van der Waals surface area contributed by atoms with Crippen LogP contribution in [0.4, 0.5) is 0 Å². The van der Waals surface area contributed by atoms with Crippen LogP contribution in [0.5, 0.6) is 5.75 Å². The molecule has 1 heterocycles. The fraction of sp³-hybridized carbons (Fsp3) is 0.350. The van der Waals surface area contributed by atoms with Crippen LogP contribution in [-0.2, 0) is 11.3 Å². The Morgan fingerprint density at radius 3 is 2.36 bits per heavy atom. The van der Waals surface area contributed by atoms with Crippen LogP contribution in [0, 0.1) is 0 Å². The Labute approximate surface area is 154 Å². The summed E-state index contributed by atoms with van der Waals surface area (Å²) in [6, 6.07) is 17.6. The lowest BCUT2D eigenvalue weighted by molar-refractivity contribution is -0.139. The first-order valence-corrected chi connectivity index (χ1v) is 8.97. The van der Waals surface area contributed by atoms with Gasteiger partial charge in [0.15, 0.2) is 6.10 Å². The molecular formula is C20H23ClN2O2. The van der Waals surface area contributed by atoms with E-state index in [2.05, 4.69) is 29.2 Å². The maximum Gasteiger partial charge on any atom is 0.263 e. The number of hydrogen-bond donors (Lipinski definition) is 0. The molecule has 2 aromatic rings. The Bertz CT molecular complexity index is 700. The number of carbonyl (C=O) groups excluding carboxylic acids is 1. The summed E-state index contributed by atoms with van der Waals surface area (Å²) in [6.45, 7) is 5.90. The van der Waals surface area contributed by atoms with Gasteiger partial charge in [-0.15, -0.1) is 0 Å². The van der Waals surface area contributed by atoms with E-state index >= 15 is 0 Å². The van der Waals surface area contributed by atoms with Crippen molar-refractivity contribution in [2.75, 3.05) is 26.2 Å². The van der Waals surface area contributed by atoms with Crippen molar-refractivity contribution in [3.8, 4) is 5.75 Å². The van der Waals surface area contributed by atoms with Crippen molar-refractivity contribution in [2.24, 2.45) is 0 Å². The number of piperazine rings is 1. The zero-order valence-electron chi connectivity index (χ0n) is 14.4. The Morgan fingerprint density at radius 1 is 1.04 bits per heavy atom. The lowest BCUT2D eigenvalue weighted by atomic mass is 10.2. The molecule has 1 aliphatic rings. The summed E-state index contributed by atoms with van der Waals surface area (Å²) in [5.41, 5.74) is 1.30. The molecule has 3 rings (SSSR count). The summed E-state index contributed by atoms with van der Waals surface area (Å²) in [7, 11) is 0. The Balaban J connectivity index is 1.50. The van der Waals surface area contributed by atoms with Gasteiger partial charge in [0.25, 0.3) is 5.91 Å². The minimum absolute atomic E-state index is 0.0132. The van der Waals surface area contributed by atoms with Crippen LogP contribution >= 0.6 is 11.6 Å². The molecule has 132 valence electrons. The molecule has 4 nitrogen and oxygen atoms in total. The first kappa shape index (κ1) is 17.8. The number of amides is 1. The standard InChI is InChI=1S/C20H23ClN2O2/c1-16(25-19-10-6-5-9-18(19)21)20(24)23-13-11-22(12-14-23)15-17-7-3-2-4-8-17/h2-10,16H,11-15H2,1H3. The fourth-order valence-electron chi connectivity index (χ4n) is 3.01. The maximum absolute atomic E-state index is 12.6. The van der Waals surface area contributed by atoms with Gasteiger partial charge in [-0.25, -0.2) is 0 Å². The Morgan fingerprint density at radius 2 is 1.68 bits per heavy atom. The quantitative estimate of drug-likeness (QED) is 0.820. The lowest BCUT2D eigenvalue weighted by Crippen LogP contribution is -2.51. The second-order valence-electron chi connectivity index (χ2n) is 6.28. The first-order chi connectivity index (χ1) is 12.1. The van der Waals surface area contributed by atoms with Crippen LogP contribution in [0.2, 0.25) is 5.02 Å². The smallest absolute Gasteiger partial charge is 0.263 e. The van der Waals surface area contributed by atoms with E-state index < -0.39 is 6.10 Å². The van der Waals surface area contributed by atoms with Crippen LogP contribution in [0.3, 0.4) is 0 Å². The average Bonchev–Trinajstić information content (AvgIpc) is 2.64. The van der Waals surface area contributed by atoms with Gasteiger partial charge in [0.05, 0.1) is 5.02 Å². The molecule has 0 radical (unpaired) electrons. The maximum atomic E-state index is 12.6. The van der Waals surface area contributed by atoms with Crippen molar-refractivity contribution >= 4 is 17.5 Å². The third-order valence-electron chi connectivity index (χ3n) is 4.42. The molecule has 0 spiro atoms. The van der Waals surface area contributed by atoms with E-state index in [9.17, 15) is 4.79 Å². The minimum atomic E-state index is -0.541. The topological polar surface area (TPSA) is 32.8 Å². The van der Waals surface area contributed by atoms with Gasteiger partial charge >= 0.3 is 0 Å². The molecule has 1 amide bonds. The first-order valence-electron chi connectivity index (χ1n) is 8.60. The molecule has 0 aromatic heterocycles. The van der Waals surface area contributed by atoms with Crippen molar-refractivity contribution in [2.45, 2.75) is 19.6 Å². The summed E-state index contributed by atoms with van der Waals surface area (Å²) in [5.74, 6) is 0.562. The summed E-state index contributed by atoms with van der Waals surface area (Å²) >= 11 is 6.10. The van der Waals surface area contributed by atoms with E-state index in [0.29, 0.717) is 10.8 Å². The van der Waals surface area contributed by atoms with Crippen LogP contribution in [0.15, 0.2) is 54.6 Å². The van der Waals surface area contributed by atoms with E-state index in [1.54, 1.807) is 19.1 Å². The molecule has 0 bridgehead atoms. The molecule has 1 unspecified atom stereocenters. The van der Waals surface area contributed by atoms with E-state index in [-0.39, 0.29) is 5.91 Å². The van der Waals surface area contributed by atoms with Gasteiger partial charge < -0.3 is 9.64 Å². The number of halogens is 1. The average molecular weight is 359 g/mol. The molecule has 5 heteroatoms. The monoisotopic (exact) mass is 358 g/mol. The molecule has 1 saturated heterocycles. The summed E-state index contributed by atoms with van der Waals surface area (Å²) < 4.78 is 5.75. The van der Waals surface area contributed by atoms with E-state index in [4.69, 9.17) is 16.3 Å². The Kier molecular flexibility index (Phi) is 5.95. The summed E-state index contributed by atoms with van der Waals surface area (Å²) in [4.78, 5) is 16.9. The number of nitrogens with zero attached hydrogens (tertiary/aromatic N) is 2. The van der Waals surface area contributed by atoms with Crippen molar-refractivity contribution in [1.82, 2.24) is 9.80 Å². The van der Waals surface area contributed by atoms with E-state index in [1.165, 1.54) is 5.56 Å². The van der Waals surface area contributed by atoms with Crippen LogP contribution in [0.25, 0.3) is 0 Å². The highest BCUT2D eigenvalue weighted by atomic mass is 35.5. The number of rotatable bonds is 5. The van der Waals surface area contributed by atoms with Gasteiger partial charge in [0.1, 0.15) is 5.75 Å². The zero-order chi connectivity index (χ0) is 17.6. The number of para-hydroxylation sites is 1. The molecular weight excluding hydrogens is 336 g/mol. The normalized spacial score (nSPS) is 16.5. The predicted octanol–water partition coefficient (Wildman–Crippen LogP) is 3.45.